The van der Waals surface area contributed by atoms with Crippen LogP contribution in [-0.2, 0) is 17.8 Å². The van der Waals surface area contributed by atoms with Gasteiger partial charge in [0.15, 0.2) is 5.82 Å². The van der Waals surface area contributed by atoms with Gasteiger partial charge in [0.05, 0.1) is 19.5 Å². The third-order valence-corrected chi connectivity index (χ3v) is 4.79. The molecule has 3 heterocycles. The molecule has 1 aromatic carbocycles. The van der Waals surface area contributed by atoms with Crippen LogP contribution in [0.5, 0.6) is 0 Å². The van der Waals surface area contributed by atoms with Crippen molar-refractivity contribution in [2.24, 2.45) is 0 Å². The lowest BCUT2D eigenvalue weighted by molar-refractivity contribution is -0.115. The molecule has 0 unspecified atom stereocenters. The standard InChI is InChI=1S/C21H21F2N5O/c22-17-4-1-15(2-5-17)13-28-10-8-19(26-28)25-21(29)11-16-3-6-20(24-12-16)27-9-7-18(23)14-27/h1-6,8,10,12,18H,7,9,11,13-14H2,(H,25,26,29)/t18-/m1/s1. The molecule has 0 spiro atoms. The van der Waals surface area contributed by atoms with Crippen LogP contribution in [-0.4, -0.2) is 39.9 Å². The second-order valence-corrected chi connectivity index (χ2v) is 7.11. The number of aromatic nitrogens is 3. The summed E-state index contributed by atoms with van der Waals surface area (Å²) in [4.78, 5) is 18.5. The molecule has 6 nitrogen and oxygen atoms in total. The Morgan fingerprint density at radius 2 is 1.93 bits per heavy atom. The van der Waals surface area contributed by atoms with Crippen molar-refractivity contribution in [1.29, 1.82) is 0 Å². The van der Waals surface area contributed by atoms with E-state index in [1.807, 2.05) is 17.0 Å². The predicted octanol–water partition coefficient (Wildman–Crippen LogP) is 3.19. The fraction of sp³-hybridized carbons (Fsp3) is 0.286. The largest absolute Gasteiger partial charge is 0.354 e. The summed E-state index contributed by atoms with van der Waals surface area (Å²) in [7, 11) is 0. The van der Waals surface area contributed by atoms with Crippen LogP contribution in [0.25, 0.3) is 0 Å². The Labute approximate surface area is 167 Å². The minimum absolute atomic E-state index is 0.170. The van der Waals surface area contributed by atoms with E-state index in [0.29, 0.717) is 31.9 Å². The van der Waals surface area contributed by atoms with Crippen molar-refractivity contribution in [2.75, 3.05) is 23.3 Å². The van der Waals surface area contributed by atoms with E-state index in [0.717, 1.165) is 16.9 Å². The molecule has 1 saturated heterocycles. The van der Waals surface area contributed by atoms with Crippen molar-refractivity contribution < 1.29 is 13.6 Å². The summed E-state index contributed by atoms with van der Waals surface area (Å²) in [6, 6.07) is 11.6. The van der Waals surface area contributed by atoms with Gasteiger partial charge in [0.2, 0.25) is 5.91 Å². The van der Waals surface area contributed by atoms with E-state index in [2.05, 4.69) is 15.4 Å². The monoisotopic (exact) mass is 397 g/mol. The number of pyridine rings is 1. The summed E-state index contributed by atoms with van der Waals surface area (Å²) in [5.74, 6) is 0.704. The Hall–Kier alpha value is -3.29. The maximum absolute atomic E-state index is 13.3. The zero-order valence-corrected chi connectivity index (χ0v) is 15.8. The first-order chi connectivity index (χ1) is 14.0. The molecule has 4 rings (SSSR count). The molecule has 150 valence electrons. The molecule has 0 radical (unpaired) electrons. The van der Waals surface area contributed by atoms with Crippen molar-refractivity contribution in [3.8, 4) is 0 Å². The Bertz CT molecular complexity index is 971. The Balaban J connectivity index is 1.30. The van der Waals surface area contributed by atoms with Crippen molar-refractivity contribution >= 4 is 17.5 Å². The molecule has 1 fully saturated rings. The highest BCUT2D eigenvalue weighted by molar-refractivity contribution is 5.91. The molecule has 2 aromatic heterocycles. The van der Waals surface area contributed by atoms with Gasteiger partial charge in [-0.3, -0.25) is 9.48 Å². The van der Waals surface area contributed by atoms with Crippen LogP contribution < -0.4 is 10.2 Å². The van der Waals surface area contributed by atoms with E-state index < -0.39 is 6.17 Å². The number of amides is 1. The number of hydrogen-bond donors (Lipinski definition) is 1. The Morgan fingerprint density at radius 1 is 1.14 bits per heavy atom. The normalized spacial score (nSPS) is 16.2. The van der Waals surface area contributed by atoms with Gasteiger partial charge in [-0.2, -0.15) is 5.10 Å². The zero-order valence-electron chi connectivity index (χ0n) is 15.8. The van der Waals surface area contributed by atoms with Crippen molar-refractivity contribution in [1.82, 2.24) is 14.8 Å². The fourth-order valence-electron chi connectivity index (χ4n) is 3.30. The molecule has 1 atom stereocenters. The number of halogens is 2. The first-order valence-corrected chi connectivity index (χ1v) is 9.47. The molecular formula is C21H21F2N5O. The highest BCUT2D eigenvalue weighted by atomic mass is 19.1. The highest BCUT2D eigenvalue weighted by Gasteiger charge is 2.22. The van der Waals surface area contributed by atoms with Crippen molar-refractivity contribution in [3.05, 3.63) is 71.8 Å². The van der Waals surface area contributed by atoms with E-state index in [-0.39, 0.29) is 18.1 Å². The fourth-order valence-corrected chi connectivity index (χ4v) is 3.30. The molecule has 0 aliphatic carbocycles. The average molecular weight is 397 g/mol. The van der Waals surface area contributed by atoms with E-state index in [1.54, 1.807) is 35.3 Å². The minimum Gasteiger partial charge on any atom is -0.354 e. The first-order valence-electron chi connectivity index (χ1n) is 9.47. The summed E-state index contributed by atoms with van der Waals surface area (Å²) in [5, 5.41) is 7.08. The lowest BCUT2D eigenvalue weighted by atomic mass is 10.2. The molecule has 0 saturated carbocycles. The van der Waals surface area contributed by atoms with Crippen LogP contribution in [0, 0.1) is 5.82 Å². The number of anilines is 2. The van der Waals surface area contributed by atoms with E-state index in [9.17, 15) is 13.6 Å². The summed E-state index contributed by atoms with van der Waals surface area (Å²) in [6.07, 6.45) is 3.30. The van der Waals surface area contributed by atoms with Gasteiger partial charge in [0.1, 0.15) is 17.8 Å². The number of alkyl halides is 1. The second-order valence-electron chi connectivity index (χ2n) is 7.11. The van der Waals surface area contributed by atoms with Crippen LogP contribution in [0.15, 0.2) is 54.9 Å². The van der Waals surface area contributed by atoms with Gasteiger partial charge in [0, 0.05) is 25.0 Å². The molecular weight excluding hydrogens is 376 g/mol. The quantitative estimate of drug-likeness (QED) is 0.694. The molecule has 8 heteroatoms. The van der Waals surface area contributed by atoms with Crippen LogP contribution in [0.3, 0.4) is 0 Å². The smallest absolute Gasteiger partial charge is 0.230 e. The topological polar surface area (TPSA) is 63.1 Å². The molecule has 1 N–H and O–H groups in total. The third kappa shape index (κ3) is 4.96. The second kappa shape index (κ2) is 8.38. The highest BCUT2D eigenvalue weighted by Crippen LogP contribution is 2.20. The maximum atomic E-state index is 13.3. The average Bonchev–Trinajstić information content (AvgIpc) is 3.33. The van der Waals surface area contributed by atoms with Gasteiger partial charge < -0.3 is 10.2 Å². The number of nitrogens with zero attached hydrogens (tertiary/aromatic N) is 4. The van der Waals surface area contributed by atoms with Crippen LogP contribution in [0.2, 0.25) is 0 Å². The van der Waals surface area contributed by atoms with E-state index in [4.69, 9.17) is 0 Å². The number of carbonyl (C=O) groups is 1. The number of hydrogen-bond acceptors (Lipinski definition) is 4. The van der Waals surface area contributed by atoms with E-state index >= 15 is 0 Å². The van der Waals surface area contributed by atoms with Crippen LogP contribution in [0.4, 0.5) is 20.4 Å². The van der Waals surface area contributed by atoms with Gasteiger partial charge >= 0.3 is 0 Å². The lowest BCUT2D eigenvalue weighted by Crippen LogP contribution is -2.21. The van der Waals surface area contributed by atoms with Gasteiger partial charge in [0.25, 0.3) is 0 Å². The summed E-state index contributed by atoms with van der Waals surface area (Å²) in [5.41, 5.74) is 1.68. The SMILES string of the molecule is O=C(Cc1ccc(N2CC[C@@H](F)C2)nc1)Nc1ccn(Cc2ccc(F)cc2)n1. The molecule has 0 bridgehead atoms. The number of carbonyl (C=O) groups excluding carboxylic acids is 1. The molecule has 29 heavy (non-hydrogen) atoms. The molecule has 1 aliphatic rings. The molecule has 1 aliphatic heterocycles. The third-order valence-electron chi connectivity index (χ3n) is 4.79. The number of rotatable bonds is 6. The summed E-state index contributed by atoms with van der Waals surface area (Å²) >= 11 is 0. The Kier molecular flexibility index (Phi) is 5.50. The molecule has 1 amide bonds. The van der Waals surface area contributed by atoms with Crippen molar-refractivity contribution in [2.45, 2.75) is 25.6 Å². The maximum Gasteiger partial charge on any atom is 0.230 e. The molecule has 3 aromatic rings. The van der Waals surface area contributed by atoms with Gasteiger partial charge in [-0.15, -0.1) is 0 Å². The Morgan fingerprint density at radius 3 is 2.62 bits per heavy atom. The van der Waals surface area contributed by atoms with Crippen LogP contribution in [0.1, 0.15) is 17.5 Å². The summed E-state index contributed by atoms with van der Waals surface area (Å²) in [6.45, 7) is 1.51. The predicted molar refractivity (Wildman–Crippen MR) is 106 cm³/mol. The minimum atomic E-state index is -0.801. The van der Waals surface area contributed by atoms with Crippen molar-refractivity contribution in [3.63, 3.8) is 0 Å². The first kappa shape index (κ1) is 19.0. The van der Waals surface area contributed by atoms with E-state index in [1.165, 1.54) is 12.1 Å². The van der Waals surface area contributed by atoms with Gasteiger partial charge in [-0.1, -0.05) is 18.2 Å². The summed E-state index contributed by atoms with van der Waals surface area (Å²) < 4.78 is 28.0. The number of nitrogens with one attached hydrogen (secondary N) is 1. The van der Waals surface area contributed by atoms with Crippen LogP contribution >= 0.6 is 0 Å². The number of benzene rings is 1. The van der Waals surface area contributed by atoms with Gasteiger partial charge in [-0.05, 0) is 35.7 Å². The van der Waals surface area contributed by atoms with Gasteiger partial charge in [-0.25, -0.2) is 13.8 Å². The zero-order chi connectivity index (χ0) is 20.2. The lowest BCUT2D eigenvalue weighted by Gasteiger charge is -2.16.